The minimum absolute atomic E-state index is 0.106. The van der Waals surface area contributed by atoms with E-state index in [-0.39, 0.29) is 11.8 Å². The normalized spacial score (nSPS) is 18.0. The highest BCUT2D eigenvalue weighted by Gasteiger charge is 2.33. The summed E-state index contributed by atoms with van der Waals surface area (Å²) < 4.78 is 27.7. The SMILES string of the molecule is Cc1ccc(S(=O)(=O)N2CCC(C(=O)N(C)Cc3ccccc3N3CCCC3)CC2)cc1C. The largest absolute Gasteiger partial charge is 0.371 e. The number of para-hydroxylation sites is 1. The molecule has 0 radical (unpaired) electrons. The van der Waals surface area contributed by atoms with Crippen molar-refractivity contribution in [1.29, 1.82) is 0 Å². The third kappa shape index (κ3) is 5.09. The van der Waals surface area contributed by atoms with Crippen molar-refractivity contribution in [1.82, 2.24) is 9.21 Å². The average Bonchev–Trinajstić information content (AvgIpc) is 3.35. The van der Waals surface area contributed by atoms with Crippen molar-refractivity contribution in [3.05, 3.63) is 59.2 Å². The Labute approximate surface area is 198 Å². The molecule has 2 aliphatic heterocycles. The molecule has 0 N–H and O–H groups in total. The van der Waals surface area contributed by atoms with Crippen LogP contribution in [0.15, 0.2) is 47.4 Å². The van der Waals surface area contributed by atoms with Gasteiger partial charge in [0.05, 0.1) is 4.90 Å². The lowest BCUT2D eigenvalue weighted by Gasteiger charge is -2.33. The number of nitrogens with zero attached hydrogens (tertiary/aromatic N) is 3. The molecule has 4 rings (SSSR count). The second kappa shape index (κ2) is 9.85. The van der Waals surface area contributed by atoms with Crippen molar-refractivity contribution in [2.75, 3.05) is 38.1 Å². The van der Waals surface area contributed by atoms with E-state index in [2.05, 4.69) is 23.1 Å². The Kier molecular flexibility index (Phi) is 7.10. The number of rotatable bonds is 6. The molecule has 0 spiro atoms. The minimum atomic E-state index is -3.53. The monoisotopic (exact) mass is 469 g/mol. The Morgan fingerprint density at radius 1 is 0.970 bits per heavy atom. The fourth-order valence-electron chi connectivity index (χ4n) is 4.92. The van der Waals surface area contributed by atoms with Gasteiger partial charge in [-0.15, -0.1) is 0 Å². The molecule has 2 aromatic rings. The molecule has 178 valence electrons. The van der Waals surface area contributed by atoms with E-state index in [1.807, 2.05) is 37.9 Å². The van der Waals surface area contributed by atoms with Crippen LogP contribution in [0.25, 0.3) is 0 Å². The van der Waals surface area contributed by atoms with Gasteiger partial charge in [-0.3, -0.25) is 4.79 Å². The van der Waals surface area contributed by atoms with Crippen molar-refractivity contribution in [2.45, 2.75) is 51.0 Å². The predicted octanol–water partition coefficient (Wildman–Crippen LogP) is 3.96. The highest BCUT2D eigenvalue weighted by molar-refractivity contribution is 7.89. The number of piperidine rings is 1. The Morgan fingerprint density at radius 3 is 2.30 bits per heavy atom. The van der Waals surface area contributed by atoms with Gasteiger partial charge in [0.1, 0.15) is 0 Å². The van der Waals surface area contributed by atoms with Gasteiger partial charge < -0.3 is 9.80 Å². The van der Waals surface area contributed by atoms with Crippen LogP contribution >= 0.6 is 0 Å². The summed E-state index contributed by atoms with van der Waals surface area (Å²) in [6.45, 7) is 7.38. The molecule has 2 fully saturated rings. The minimum Gasteiger partial charge on any atom is -0.371 e. The number of carbonyl (C=O) groups is 1. The fraction of sp³-hybridized carbons (Fsp3) is 0.500. The Hall–Kier alpha value is -2.38. The van der Waals surface area contributed by atoms with E-state index in [4.69, 9.17) is 0 Å². The summed E-state index contributed by atoms with van der Waals surface area (Å²) in [5, 5.41) is 0. The standard InChI is InChI=1S/C26H35N3O3S/c1-20-10-11-24(18-21(20)2)33(31,32)29-16-12-22(13-17-29)26(30)27(3)19-23-8-4-5-9-25(23)28-14-6-7-15-28/h4-5,8-11,18,22H,6-7,12-17,19H2,1-3H3. The zero-order valence-electron chi connectivity index (χ0n) is 20.0. The summed E-state index contributed by atoms with van der Waals surface area (Å²) in [5.74, 6) is -0.0328. The van der Waals surface area contributed by atoms with E-state index >= 15 is 0 Å². The lowest BCUT2D eigenvalue weighted by atomic mass is 9.96. The van der Waals surface area contributed by atoms with Crippen LogP contribution < -0.4 is 4.90 Å². The molecule has 0 saturated carbocycles. The van der Waals surface area contributed by atoms with Crippen molar-refractivity contribution in [3.63, 3.8) is 0 Å². The lowest BCUT2D eigenvalue weighted by Crippen LogP contribution is -2.43. The van der Waals surface area contributed by atoms with E-state index < -0.39 is 10.0 Å². The first-order valence-electron chi connectivity index (χ1n) is 11.9. The van der Waals surface area contributed by atoms with E-state index in [9.17, 15) is 13.2 Å². The third-order valence-electron chi connectivity index (χ3n) is 7.14. The lowest BCUT2D eigenvalue weighted by molar-refractivity contribution is -0.135. The first-order valence-corrected chi connectivity index (χ1v) is 13.4. The van der Waals surface area contributed by atoms with E-state index in [0.29, 0.717) is 37.4 Å². The molecule has 1 amide bonds. The first-order chi connectivity index (χ1) is 15.8. The topological polar surface area (TPSA) is 60.9 Å². The number of carbonyl (C=O) groups excluding carboxylic acids is 1. The second-order valence-corrected chi connectivity index (χ2v) is 11.4. The van der Waals surface area contributed by atoms with Gasteiger partial charge in [-0.1, -0.05) is 24.3 Å². The summed E-state index contributed by atoms with van der Waals surface area (Å²) in [7, 11) is -1.67. The number of anilines is 1. The maximum Gasteiger partial charge on any atom is 0.243 e. The van der Waals surface area contributed by atoms with Crippen LogP contribution in [0.5, 0.6) is 0 Å². The number of sulfonamides is 1. The molecule has 6 nitrogen and oxygen atoms in total. The van der Waals surface area contributed by atoms with E-state index in [1.165, 1.54) is 28.4 Å². The Balaban J connectivity index is 1.38. The van der Waals surface area contributed by atoms with Gasteiger partial charge in [-0.05, 0) is 74.4 Å². The molecule has 2 saturated heterocycles. The Morgan fingerprint density at radius 2 is 1.64 bits per heavy atom. The summed E-state index contributed by atoms with van der Waals surface area (Å²) >= 11 is 0. The maximum atomic E-state index is 13.2. The van der Waals surface area contributed by atoms with Gasteiger partial charge in [-0.25, -0.2) is 8.42 Å². The molecular weight excluding hydrogens is 434 g/mol. The highest BCUT2D eigenvalue weighted by atomic mass is 32.2. The zero-order valence-corrected chi connectivity index (χ0v) is 20.8. The van der Waals surface area contributed by atoms with Crippen LogP contribution in [0.1, 0.15) is 42.4 Å². The summed E-state index contributed by atoms with van der Waals surface area (Å²) in [6.07, 6.45) is 3.54. The predicted molar refractivity (Wildman–Crippen MR) is 132 cm³/mol. The smallest absolute Gasteiger partial charge is 0.243 e. The van der Waals surface area contributed by atoms with Crippen LogP contribution in [0.2, 0.25) is 0 Å². The van der Waals surface area contributed by atoms with Crippen LogP contribution in [-0.4, -0.2) is 56.8 Å². The van der Waals surface area contributed by atoms with Gasteiger partial charge in [0.15, 0.2) is 0 Å². The van der Waals surface area contributed by atoms with E-state index in [0.717, 1.165) is 24.2 Å². The van der Waals surface area contributed by atoms with Crippen molar-refractivity contribution >= 4 is 21.6 Å². The van der Waals surface area contributed by atoms with Crippen LogP contribution in [0, 0.1) is 19.8 Å². The molecule has 0 atom stereocenters. The zero-order chi connectivity index (χ0) is 23.6. The van der Waals surface area contributed by atoms with Crippen molar-refractivity contribution in [2.24, 2.45) is 5.92 Å². The highest BCUT2D eigenvalue weighted by Crippen LogP contribution is 2.28. The summed E-state index contributed by atoms with van der Waals surface area (Å²) in [4.78, 5) is 17.7. The molecule has 0 bridgehead atoms. The third-order valence-corrected chi connectivity index (χ3v) is 9.04. The van der Waals surface area contributed by atoms with E-state index in [1.54, 1.807) is 12.1 Å². The fourth-order valence-corrected chi connectivity index (χ4v) is 6.48. The quantitative estimate of drug-likeness (QED) is 0.643. The van der Waals surface area contributed by atoms with Gasteiger partial charge in [0.25, 0.3) is 0 Å². The molecule has 0 aromatic heterocycles. The number of aryl methyl sites for hydroxylation is 2. The molecule has 2 aliphatic rings. The molecule has 0 aliphatic carbocycles. The van der Waals surface area contributed by atoms with Gasteiger partial charge in [0.2, 0.25) is 15.9 Å². The molecule has 0 unspecified atom stereocenters. The molecule has 2 heterocycles. The number of amides is 1. The molecule has 2 aromatic carbocycles. The van der Waals surface area contributed by atoms with Crippen molar-refractivity contribution < 1.29 is 13.2 Å². The van der Waals surface area contributed by atoms with Gasteiger partial charge in [-0.2, -0.15) is 4.31 Å². The summed E-state index contributed by atoms with van der Waals surface area (Å²) in [5.41, 5.74) is 4.44. The maximum absolute atomic E-state index is 13.2. The molecule has 7 heteroatoms. The first kappa shape index (κ1) is 23.8. The van der Waals surface area contributed by atoms with Crippen molar-refractivity contribution in [3.8, 4) is 0 Å². The van der Waals surface area contributed by atoms with Crippen LogP contribution in [0.4, 0.5) is 5.69 Å². The number of benzene rings is 2. The number of hydrogen-bond acceptors (Lipinski definition) is 4. The summed E-state index contributed by atoms with van der Waals surface area (Å²) in [6, 6.07) is 13.6. The second-order valence-electron chi connectivity index (χ2n) is 9.44. The van der Waals surface area contributed by atoms with Crippen LogP contribution in [-0.2, 0) is 21.4 Å². The molecule has 33 heavy (non-hydrogen) atoms. The number of hydrogen-bond donors (Lipinski definition) is 0. The van der Waals surface area contributed by atoms with Gasteiger partial charge in [0, 0.05) is 51.4 Å². The average molecular weight is 470 g/mol. The molecular formula is C26H35N3O3S. The van der Waals surface area contributed by atoms with Gasteiger partial charge >= 0.3 is 0 Å². The van der Waals surface area contributed by atoms with Crippen LogP contribution in [0.3, 0.4) is 0 Å². The Bertz CT molecular complexity index is 1100.